The summed E-state index contributed by atoms with van der Waals surface area (Å²) in [6.45, 7) is 16.1. The minimum absolute atomic E-state index is 0.0416. The second-order valence-corrected chi connectivity index (χ2v) is 14.4. The molecule has 7 fully saturated rings. The average molecular weight is 489 g/mol. The molecule has 0 amide bonds. The maximum atomic E-state index is 11.7. The Morgan fingerprint density at radius 1 is 0.886 bits per heavy atom. The van der Waals surface area contributed by atoms with Crippen LogP contribution in [0, 0.1) is 46.3 Å². The highest BCUT2D eigenvalue weighted by Gasteiger charge is 2.76. The number of carbonyl (C=O) groups excluding carboxylic acids is 1. The van der Waals surface area contributed by atoms with Crippen molar-refractivity contribution in [3.05, 3.63) is 0 Å². The van der Waals surface area contributed by atoms with Crippen molar-refractivity contribution in [2.75, 3.05) is 0 Å². The first-order valence-corrected chi connectivity index (χ1v) is 14.7. The van der Waals surface area contributed by atoms with Gasteiger partial charge in [-0.1, -0.05) is 41.5 Å². The van der Waals surface area contributed by atoms with Gasteiger partial charge in [0.15, 0.2) is 0 Å². The fourth-order valence-corrected chi connectivity index (χ4v) is 10.5. The fraction of sp³-hybridized carbons (Fsp3) is 0.967. The van der Waals surface area contributed by atoms with Gasteiger partial charge >= 0.3 is 5.97 Å². The Kier molecular flexibility index (Phi) is 5.59. The number of fused-ring (bicyclic) bond motifs is 3. The van der Waals surface area contributed by atoms with E-state index in [9.17, 15) is 4.79 Å². The molecule has 5 heteroatoms. The lowest BCUT2D eigenvalue weighted by Crippen LogP contribution is -2.75. The monoisotopic (exact) mass is 488 g/mol. The van der Waals surface area contributed by atoms with E-state index in [0.29, 0.717) is 53.1 Å². The van der Waals surface area contributed by atoms with Crippen LogP contribution in [-0.2, 0) is 24.0 Å². The van der Waals surface area contributed by atoms with E-state index in [0.717, 1.165) is 32.1 Å². The molecule has 12 atom stereocenters. The normalized spacial score (nSPS) is 53.9. The first-order chi connectivity index (χ1) is 16.5. The third-order valence-corrected chi connectivity index (χ3v) is 12.8. The van der Waals surface area contributed by atoms with Gasteiger partial charge in [0, 0.05) is 18.8 Å². The smallest absolute Gasteiger partial charge is 0.302 e. The van der Waals surface area contributed by atoms with Gasteiger partial charge in [-0.2, -0.15) is 0 Å². The number of rotatable bonds is 5. The lowest BCUT2D eigenvalue weighted by Gasteiger charge is -2.72. The van der Waals surface area contributed by atoms with Crippen LogP contribution in [0.15, 0.2) is 0 Å². The zero-order valence-corrected chi connectivity index (χ0v) is 23.1. The van der Waals surface area contributed by atoms with Gasteiger partial charge in [-0.3, -0.25) is 4.79 Å². The van der Waals surface area contributed by atoms with Crippen molar-refractivity contribution < 1.29 is 24.0 Å². The Hall–Kier alpha value is -0.650. The molecule has 3 heterocycles. The van der Waals surface area contributed by atoms with Gasteiger partial charge in [0.25, 0.3) is 0 Å². The molecule has 0 aromatic heterocycles. The van der Waals surface area contributed by atoms with Crippen LogP contribution in [0.2, 0.25) is 0 Å². The number of epoxide rings is 1. The van der Waals surface area contributed by atoms with Gasteiger partial charge < -0.3 is 9.47 Å². The molecule has 35 heavy (non-hydrogen) atoms. The highest BCUT2D eigenvalue weighted by atomic mass is 17.2. The molecule has 2 spiro atoms. The zero-order chi connectivity index (χ0) is 25.0. The summed E-state index contributed by atoms with van der Waals surface area (Å²) in [7, 11) is 0. The molecule has 2 bridgehead atoms. The van der Waals surface area contributed by atoms with Crippen molar-refractivity contribution in [1.82, 2.24) is 0 Å². The molecule has 7 aliphatic rings. The first kappa shape index (κ1) is 24.7. The molecule has 0 aromatic rings. The molecule has 12 unspecified atom stereocenters. The maximum absolute atomic E-state index is 11.7. The van der Waals surface area contributed by atoms with Gasteiger partial charge in [-0.05, 0) is 92.3 Å². The van der Waals surface area contributed by atoms with E-state index < -0.39 is 0 Å². The van der Waals surface area contributed by atoms with Crippen LogP contribution in [0.5, 0.6) is 0 Å². The molecule has 0 radical (unpaired) electrons. The SMILES string of the molecule is CC(=O)OC1CCC2(C)C3CCC4(C)C(C(C)C5OC5C(C)C(C)C)CCC4C34CCC2(C1)OO4. The van der Waals surface area contributed by atoms with E-state index >= 15 is 0 Å². The number of esters is 1. The Labute approximate surface area is 212 Å². The molecule has 4 aliphatic carbocycles. The third-order valence-electron chi connectivity index (χ3n) is 12.8. The summed E-state index contributed by atoms with van der Waals surface area (Å²) in [6, 6.07) is 0. The summed E-state index contributed by atoms with van der Waals surface area (Å²) in [5.74, 6) is 3.51. The second kappa shape index (κ2) is 7.93. The first-order valence-electron chi connectivity index (χ1n) is 14.7. The largest absolute Gasteiger partial charge is 0.462 e. The molecular formula is C30H48O5. The molecule has 0 N–H and O–H groups in total. The average Bonchev–Trinajstić information content (AvgIpc) is 3.52. The zero-order valence-electron chi connectivity index (χ0n) is 23.1. The summed E-state index contributed by atoms with van der Waals surface area (Å²) in [6.07, 6.45) is 10.8. The van der Waals surface area contributed by atoms with E-state index in [1.165, 1.54) is 32.6 Å². The van der Waals surface area contributed by atoms with Crippen molar-refractivity contribution in [3.8, 4) is 0 Å². The third kappa shape index (κ3) is 3.25. The van der Waals surface area contributed by atoms with E-state index in [2.05, 4.69) is 41.5 Å². The van der Waals surface area contributed by atoms with E-state index in [-0.39, 0.29) is 28.7 Å². The Morgan fingerprint density at radius 3 is 2.31 bits per heavy atom. The molecule has 4 saturated carbocycles. The maximum Gasteiger partial charge on any atom is 0.302 e. The van der Waals surface area contributed by atoms with E-state index in [1.54, 1.807) is 0 Å². The van der Waals surface area contributed by atoms with Gasteiger partial charge in [0.1, 0.15) is 17.3 Å². The minimum Gasteiger partial charge on any atom is -0.462 e. The van der Waals surface area contributed by atoms with E-state index in [1.807, 2.05) is 0 Å². The number of ether oxygens (including phenoxy) is 2. The van der Waals surface area contributed by atoms with Crippen LogP contribution >= 0.6 is 0 Å². The van der Waals surface area contributed by atoms with Crippen molar-refractivity contribution in [1.29, 1.82) is 0 Å². The minimum atomic E-state index is -0.307. The Bertz CT molecular complexity index is 861. The number of carbonyl (C=O) groups is 1. The topological polar surface area (TPSA) is 57.3 Å². The predicted molar refractivity (Wildman–Crippen MR) is 133 cm³/mol. The summed E-state index contributed by atoms with van der Waals surface area (Å²) in [5, 5.41) is 0. The van der Waals surface area contributed by atoms with Crippen molar-refractivity contribution in [3.63, 3.8) is 0 Å². The molecule has 0 aromatic carbocycles. The predicted octanol–water partition coefficient (Wildman–Crippen LogP) is 6.48. The lowest BCUT2D eigenvalue weighted by atomic mass is 9.40. The molecule has 3 saturated heterocycles. The van der Waals surface area contributed by atoms with E-state index in [4.69, 9.17) is 19.2 Å². The summed E-state index contributed by atoms with van der Waals surface area (Å²) in [4.78, 5) is 24.8. The number of hydrogen-bond acceptors (Lipinski definition) is 5. The molecule has 3 aliphatic heterocycles. The van der Waals surface area contributed by atoms with Crippen LogP contribution in [0.3, 0.4) is 0 Å². The Morgan fingerprint density at radius 2 is 1.66 bits per heavy atom. The summed E-state index contributed by atoms with van der Waals surface area (Å²) in [5.41, 5.74) is -0.0672. The van der Waals surface area contributed by atoms with Gasteiger partial charge in [-0.15, -0.1) is 0 Å². The van der Waals surface area contributed by atoms with Gasteiger partial charge in [0.05, 0.1) is 12.2 Å². The Balaban J connectivity index is 1.24. The van der Waals surface area contributed by atoms with Crippen molar-refractivity contribution >= 4 is 5.97 Å². The van der Waals surface area contributed by atoms with Crippen LogP contribution < -0.4 is 0 Å². The van der Waals surface area contributed by atoms with Crippen LogP contribution in [0.25, 0.3) is 0 Å². The standard InChI is InChI=1S/C30H48O5/c1-17(2)18(3)25-26(33-25)19(4)22-8-9-23-27(22,6)12-11-24-28(7)13-10-21(32-20(5)31)16-29(28)14-15-30(23,24)35-34-29/h17-19,21-26H,8-16H2,1-7H3. The van der Waals surface area contributed by atoms with Crippen molar-refractivity contribution in [2.24, 2.45) is 46.3 Å². The summed E-state index contributed by atoms with van der Waals surface area (Å²) >= 11 is 0. The number of hydrogen-bond donors (Lipinski definition) is 0. The van der Waals surface area contributed by atoms with Gasteiger partial charge in [0.2, 0.25) is 0 Å². The van der Waals surface area contributed by atoms with Gasteiger partial charge in [-0.25, -0.2) is 9.78 Å². The molecule has 198 valence electrons. The molecule has 7 rings (SSSR count). The van der Waals surface area contributed by atoms with Crippen molar-refractivity contribution in [2.45, 2.75) is 136 Å². The lowest BCUT2D eigenvalue weighted by molar-refractivity contribution is -0.536. The molecule has 5 nitrogen and oxygen atoms in total. The van der Waals surface area contributed by atoms with Crippen LogP contribution in [0.4, 0.5) is 0 Å². The van der Waals surface area contributed by atoms with Crippen LogP contribution in [-0.4, -0.2) is 35.5 Å². The quantitative estimate of drug-likeness (QED) is 0.252. The van der Waals surface area contributed by atoms with Crippen LogP contribution in [0.1, 0.15) is 106 Å². The fourth-order valence-electron chi connectivity index (χ4n) is 10.5. The highest BCUT2D eigenvalue weighted by molar-refractivity contribution is 5.66. The summed E-state index contributed by atoms with van der Waals surface area (Å²) < 4.78 is 12.0. The second-order valence-electron chi connectivity index (χ2n) is 14.4. The molecular weight excluding hydrogens is 440 g/mol. The highest BCUT2D eigenvalue weighted by Crippen LogP contribution is 2.75.